The van der Waals surface area contributed by atoms with Gasteiger partial charge in [0.1, 0.15) is 11.5 Å². The minimum absolute atomic E-state index is 0.0104. The molecule has 1 amide bonds. The molecule has 1 aliphatic carbocycles. The molecule has 1 aliphatic rings. The van der Waals surface area contributed by atoms with Crippen LogP contribution in [0.25, 0.3) is 22.0 Å². The smallest absolute Gasteiger partial charge is 0.331 e. The number of hydrogen-bond donors (Lipinski definition) is 2. The van der Waals surface area contributed by atoms with Gasteiger partial charge in [-0.25, -0.2) is 25.9 Å². The number of allylic oxidation sites excluding steroid dienone is 4. The first-order chi connectivity index (χ1) is 21.4. The second-order valence-electron chi connectivity index (χ2n) is 11.1. The third-order valence-electron chi connectivity index (χ3n) is 7.36. The van der Waals surface area contributed by atoms with Gasteiger partial charge < -0.3 is 9.55 Å². The van der Waals surface area contributed by atoms with E-state index in [2.05, 4.69) is 4.98 Å². The van der Waals surface area contributed by atoms with E-state index in [1.54, 1.807) is 13.0 Å². The van der Waals surface area contributed by atoms with Gasteiger partial charge in [0.25, 0.3) is 21.5 Å². The van der Waals surface area contributed by atoms with Gasteiger partial charge in [0.2, 0.25) is 0 Å². The number of carbonyl (C=O) groups is 1. The van der Waals surface area contributed by atoms with Gasteiger partial charge in [-0.3, -0.25) is 9.59 Å². The van der Waals surface area contributed by atoms with Gasteiger partial charge in [-0.1, -0.05) is 25.1 Å². The van der Waals surface area contributed by atoms with Crippen LogP contribution in [0.1, 0.15) is 35.0 Å². The highest BCUT2D eigenvalue weighted by Gasteiger charge is 2.34. The lowest BCUT2D eigenvalue weighted by Gasteiger charge is -2.18. The molecule has 15 heteroatoms. The van der Waals surface area contributed by atoms with Crippen LogP contribution in [0.15, 0.2) is 94.0 Å². The fourth-order valence-corrected chi connectivity index (χ4v) is 7.13. The molecule has 0 bridgehead atoms. The summed E-state index contributed by atoms with van der Waals surface area (Å²) in [5, 5.41) is -0.196. The Labute approximate surface area is 261 Å². The number of benzene rings is 2. The molecule has 2 aromatic carbocycles. The molecule has 0 radical (unpaired) electrons. The van der Waals surface area contributed by atoms with E-state index >= 15 is 4.39 Å². The molecule has 2 N–H and O–H groups in total. The topological polar surface area (TPSA) is 135 Å². The third-order valence-corrected chi connectivity index (χ3v) is 9.55. The second kappa shape index (κ2) is 12.0. The van der Waals surface area contributed by atoms with Crippen LogP contribution < -0.4 is 10.3 Å². The van der Waals surface area contributed by atoms with E-state index < -0.39 is 65.2 Å². The molecule has 0 spiro atoms. The summed E-state index contributed by atoms with van der Waals surface area (Å²) >= 11 is 0. The van der Waals surface area contributed by atoms with Crippen molar-refractivity contribution in [3.05, 3.63) is 112 Å². The van der Waals surface area contributed by atoms with E-state index in [-0.39, 0.29) is 45.6 Å². The molecule has 46 heavy (non-hydrogen) atoms. The van der Waals surface area contributed by atoms with Crippen molar-refractivity contribution in [1.82, 2.24) is 14.3 Å². The third kappa shape index (κ3) is 6.84. The van der Waals surface area contributed by atoms with Crippen molar-refractivity contribution in [2.45, 2.75) is 36.7 Å². The second-order valence-corrected chi connectivity index (χ2v) is 14.9. The minimum Gasteiger partial charge on any atom is -0.331 e. The Morgan fingerprint density at radius 1 is 1.07 bits per heavy atom. The lowest BCUT2D eigenvalue weighted by Crippen LogP contribution is -2.33. The van der Waals surface area contributed by atoms with Crippen LogP contribution in [-0.2, 0) is 38.3 Å². The van der Waals surface area contributed by atoms with Crippen LogP contribution in [-0.4, -0.2) is 38.5 Å². The number of aromatic nitrogens is 2. The maximum absolute atomic E-state index is 15.1. The first kappa shape index (κ1) is 32.9. The molecule has 1 unspecified atom stereocenters. The zero-order chi connectivity index (χ0) is 33.6. The average molecular weight is 678 g/mol. The number of H-pyrrole nitrogens is 1. The van der Waals surface area contributed by atoms with Crippen molar-refractivity contribution in [1.29, 1.82) is 0 Å². The van der Waals surface area contributed by atoms with E-state index in [1.807, 2.05) is 4.72 Å². The van der Waals surface area contributed by atoms with Crippen molar-refractivity contribution in [3.63, 3.8) is 0 Å². The number of halogens is 4. The first-order valence-corrected chi connectivity index (χ1v) is 17.3. The summed E-state index contributed by atoms with van der Waals surface area (Å²) in [4.78, 5) is 29.0. The number of sulfone groups is 1. The molecule has 0 fully saturated rings. The van der Waals surface area contributed by atoms with Crippen molar-refractivity contribution in [2.24, 2.45) is 5.92 Å². The highest BCUT2D eigenvalue weighted by molar-refractivity contribution is 7.90. The summed E-state index contributed by atoms with van der Waals surface area (Å²) in [6, 6.07) is 10.1. The summed E-state index contributed by atoms with van der Waals surface area (Å²) in [7, 11) is -8.25. The number of nitrogens with zero attached hydrogens (tertiary/aromatic N) is 1. The monoisotopic (exact) mass is 677 g/mol. The molecule has 0 saturated heterocycles. The maximum Gasteiger partial charge on any atom is 0.416 e. The van der Waals surface area contributed by atoms with Crippen molar-refractivity contribution < 1.29 is 39.2 Å². The molecular formula is C31H27F4N3O6S2. The Bertz CT molecular complexity index is 2220. The number of aromatic amines is 1. The van der Waals surface area contributed by atoms with Crippen LogP contribution in [0.3, 0.4) is 0 Å². The molecule has 0 saturated carbocycles. The highest BCUT2D eigenvalue weighted by atomic mass is 32.2. The Morgan fingerprint density at radius 3 is 2.46 bits per heavy atom. The van der Waals surface area contributed by atoms with Gasteiger partial charge in [-0.2, -0.15) is 13.2 Å². The van der Waals surface area contributed by atoms with Crippen LogP contribution in [0.2, 0.25) is 0 Å². The van der Waals surface area contributed by atoms with Crippen molar-refractivity contribution in [3.8, 4) is 11.1 Å². The van der Waals surface area contributed by atoms with E-state index in [1.165, 1.54) is 41.1 Å². The van der Waals surface area contributed by atoms with Crippen LogP contribution in [0.5, 0.6) is 0 Å². The lowest BCUT2D eigenvalue weighted by atomic mass is 9.97. The molecule has 1 atom stereocenters. The van der Waals surface area contributed by atoms with Gasteiger partial charge in [-0.05, 0) is 66.4 Å². The predicted octanol–water partition coefficient (Wildman–Crippen LogP) is 5.50. The predicted molar refractivity (Wildman–Crippen MR) is 164 cm³/mol. The van der Waals surface area contributed by atoms with Crippen LogP contribution in [0.4, 0.5) is 17.6 Å². The molecule has 9 nitrogen and oxygen atoms in total. The number of amides is 1. The zero-order valence-electron chi connectivity index (χ0n) is 24.4. The van der Waals surface area contributed by atoms with Gasteiger partial charge in [0, 0.05) is 40.1 Å². The molecule has 242 valence electrons. The summed E-state index contributed by atoms with van der Waals surface area (Å²) in [6.07, 6.45) is 0.803. The van der Waals surface area contributed by atoms with E-state index in [4.69, 9.17) is 0 Å². The fraction of sp³-hybridized carbons (Fsp3) is 0.226. The van der Waals surface area contributed by atoms with Crippen molar-refractivity contribution in [2.75, 3.05) is 6.26 Å². The quantitative estimate of drug-likeness (QED) is 0.237. The largest absolute Gasteiger partial charge is 0.416 e. The number of nitrogens with one attached hydrogen (secondary N) is 2. The standard InChI is InChI=1S/C31H27F4N3O6S2/c1-18-8-9-20(25(32)13-18)16-38-26-11-10-21(31(33,34)35)15-24(26)27(23-7-4-12-36-29(23)39)28(38)30(40)37-46(43,44)22-6-3-5-19(14-22)17-45(2,41)42/h3-7,9-15,18H,8,16-17H2,1-2H3,(H,36,39)(H,37,40). The Morgan fingerprint density at radius 2 is 1.80 bits per heavy atom. The summed E-state index contributed by atoms with van der Waals surface area (Å²) in [6.45, 7) is 1.40. The van der Waals surface area contributed by atoms with E-state index in [0.717, 1.165) is 36.6 Å². The first-order valence-electron chi connectivity index (χ1n) is 13.8. The van der Waals surface area contributed by atoms with E-state index in [9.17, 15) is 39.6 Å². The number of rotatable bonds is 8. The molecule has 2 heterocycles. The van der Waals surface area contributed by atoms with Gasteiger partial charge >= 0.3 is 6.18 Å². The SMILES string of the molecule is CC1C=C(F)C(Cn2c(C(=O)NS(=O)(=O)c3cccc(CS(C)(=O)=O)c3)c(-c3ccc[nH]c3=O)c3cc(C(F)(F)F)ccc32)=CC1. The van der Waals surface area contributed by atoms with Gasteiger partial charge in [0.15, 0.2) is 9.84 Å². The highest BCUT2D eigenvalue weighted by Crippen LogP contribution is 2.39. The summed E-state index contributed by atoms with van der Waals surface area (Å²) in [5.74, 6) is -2.54. The van der Waals surface area contributed by atoms with Crippen LogP contribution >= 0.6 is 0 Å². The number of carbonyl (C=O) groups excluding carboxylic acids is 1. The number of alkyl halides is 3. The molecule has 2 aromatic heterocycles. The molecular weight excluding hydrogens is 650 g/mol. The minimum atomic E-state index is -4.81. The van der Waals surface area contributed by atoms with Gasteiger partial charge in [0.05, 0.1) is 22.8 Å². The zero-order valence-corrected chi connectivity index (χ0v) is 26.0. The lowest BCUT2D eigenvalue weighted by molar-refractivity contribution is -0.137. The summed E-state index contributed by atoms with van der Waals surface area (Å²) in [5.41, 5.74) is -2.66. The fourth-order valence-electron chi connectivity index (χ4n) is 5.32. The number of hydrogen-bond acceptors (Lipinski definition) is 6. The average Bonchev–Trinajstić information content (AvgIpc) is 3.26. The molecule has 4 aromatic rings. The molecule has 0 aliphatic heterocycles. The number of pyridine rings is 1. The van der Waals surface area contributed by atoms with Gasteiger partial charge in [-0.15, -0.1) is 0 Å². The maximum atomic E-state index is 15.1. The van der Waals surface area contributed by atoms with Crippen molar-refractivity contribution >= 4 is 36.7 Å². The number of fused-ring (bicyclic) bond motifs is 1. The summed E-state index contributed by atoms with van der Waals surface area (Å²) < 4.78 is 110. The van der Waals surface area contributed by atoms with E-state index in [0.29, 0.717) is 6.42 Å². The Balaban J connectivity index is 1.74. The Kier molecular flexibility index (Phi) is 8.59. The number of sulfonamides is 1. The Hall–Kier alpha value is -4.50. The molecule has 5 rings (SSSR count). The normalized spacial score (nSPS) is 15.8. The van der Waals surface area contributed by atoms with Crippen LogP contribution in [0, 0.1) is 5.92 Å².